The van der Waals surface area contributed by atoms with Gasteiger partial charge in [0.25, 0.3) is 0 Å². The zero-order chi connectivity index (χ0) is 27.0. The zero-order valence-electron chi connectivity index (χ0n) is 22.8. The SMILES string of the molecule is CC1COCCN1C[C@H]1CN[C@H](C)CN1CC(=O)N1CC(C)(C)c2ncc(Cc3ccc(F)cc3F)cc21. The van der Waals surface area contributed by atoms with Crippen molar-refractivity contribution in [3.8, 4) is 0 Å². The van der Waals surface area contributed by atoms with Gasteiger partial charge >= 0.3 is 0 Å². The fourth-order valence-electron chi connectivity index (χ4n) is 5.95. The molecule has 1 unspecified atom stereocenters. The standard InChI is InChI=1S/C29H39F2N5O2/c1-19-14-35(24(13-32-19)15-34-7-8-38-17-20(34)2)16-27(37)36-18-29(3,4)28-26(36)10-21(12-33-28)9-22-5-6-23(30)11-25(22)31/h5-6,10-12,19-20,24,32H,7-9,13-18H2,1-4H3/t19-,20?,24-/m1/s1. The van der Waals surface area contributed by atoms with Crippen molar-refractivity contribution in [1.29, 1.82) is 0 Å². The van der Waals surface area contributed by atoms with Crippen LogP contribution in [0.3, 0.4) is 0 Å². The third-order valence-electron chi connectivity index (χ3n) is 8.14. The monoisotopic (exact) mass is 527 g/mol. The second-order valence-corrected chi connectivity index (χ2v) is 11.8. The molecule has 2 fully saturated rings. The van der Waals surface area contributed by atoms with E-state index in [1.165, 1.54) is 12.1 Å². The second kappa shape index (κ2) is 11.0. The van der Waals surface area contributed by atoms with Crippen molar-refractivity contribution in [2.45, 2.75) is 57.7 Å². The summed E-state index contributed by atoms with van der Waals surface area (Å²) in [5.74, 6) is -1.12. The number of ether oxygens (including phenoxy) is 1. The average Bonchev–Trinajstić information content (AvgIpc) is 3.14. The van der Waals surface area contributed by atoms with Crippen LogP contribution < -0.4 is 10.2 Å². The lowest BCUT2D eigenvalue weighted by molar-refractivity contribution is -0.121. The highest BCUT2D eigenvalue weighted by atomic mass is 19.1. The Labute approximate surface area is 224 Å². The predicted molar refractivity (Wildman–Crippen MR) is 143 cm³/mol. The van der Waals surface area contributed by atoms with Crippen LogP contribution in [0.25, 0.3) is 0 Å². The number of hydrogen-bond donors (Lipinski definition) is 1. The molecule has 38 heavy (non-hydrogen) atoms. The molecule has 4 heterocycles. The maximum absolute atomic E-state index is 14.3. The molecule has 0 saturated carbocycles. The molecule has 5 rings (SSSR count). The quantitative estimate of drug-likeness (QED) is 0.624. The summed E-state index contributed by atoms with van der Waals surface area (Å²) >= 11 is 0. The van der Waals surface area contributed by atoms with Gasteiger partial charge in [-0.1, -0.05) is 19.9 Å². The number of halogens is 2. The average molecular weight is 528 g/mol. The topological polar surface area (TPSA) is 60.9 Å². The number of aromatic nitrogens is 1. The smallest absolute Gasteiger partial charge is 0.241 e. The summed E-state index contributed by atoms with van der Waals surface area (Å²) in [5.41, 5.74) is 2.57. The number of benzene rings is 1. The minimum Gasteiger partial charge on any atom is -0.379 e. The summed E-state index contributed by atoms with van der Waals surface area (Å²) in [5, 5.41) is 3.59. The lowest BCUT2D eigenvalue weighted by Gasteiger charge is -2.43. The highest BCUT2D eigenvalue weighted by Gasteiger charge is 2.41. The molecular formula is C29H39F2N5O2. The molecular weight excluding hydrogens is 488 g/mol. The summed E-state index contributed by atoms with van der Waals surface area (Å²) in [6.45, 7) is 14.4. The van der Waals surface area contributed by atoms with Gasteiger partial charge < -0.3 is 15.0 Å². The number of amides is 1. The summed E-state index contributed by atoms with van der Waals surface area (Å²) in [7, 11) is 0. The lowest BCUT2D eigenvalue weighted by atomic mass is 9.91. The molecule has 206 valence electrons. The first-order chi connectivity index (χ1) is 18.1. The van der Waals surface area contributed by atoms with Crippen LogP contribution >= 0.6 is 0 Å². The zero-order valence-corrected chi connectivity index (χ0v) is 22.8. The third-order valence-corrected chi connectivity index (χ3v) is 8.14. The van der Waals surface area contributed by atoms with E-state index in [4.69, 9.17) is 9.72 Å². The maximum atomic E-state index is 14.3. The second-order valence-electron chi connectivity index (χ2n) is 11.8. The molecule has 3 aliphatic heterocycles. The third kappa shape index (κ3) is 5.76. The maximum Gasteiger partial charge on any atom is 0.241 e. The van der Waals surface area contributed by atoms with Crippen molar-refractivity contribution in [2.24, 2.45) is 0 Å². The Morgan fingerprint density at radius 3 is 2.79 bits per heavy atom. The highest BCUT2D eigenvalue weighted by molar-refractivity contribution is 5.97. The fraction of sp³-hybridized carbons (Fsp3) is 0.586. The first-order valence-corrected chi connectivity index (χ1v) is 13.6. The molecule has 9 heteroatoms. The number of carbonyl (C=O) groups excluding carboxylic acids is 1. The van der Waals surface area contributed by atoms with E-state index < -0.39 is 11.6 Å². The van der Waals surface area contributed by atoms with Crippen molar-refractivity contribution in [2.75, 3.05) is 57.4 Å². The van der Waals surface area contributed by atoms with E-state index in [0.717, 1.165) is 62.4 Å². The van der Waals surface area contributed by atoms with E-state index in [2.05, 4.69) is 42.8 Å². The summed E-state index contributed by atoms with van der Waals surface area (Å²) < 4.78 is 33.3. The van der Waals surface area contributed by atoms with Gasteiger partial charge in [0.05, 0.1) is 31.1 Å². The van der Waals surface area contributed by atoms with Crippen LogP contribution in [0.4, 0.5) is 14.5 Å². The molecule has 0 bridgehead atoms. The van der Waals surface area contributed by atoms with Crippen molar-refractivity contribution in [1.82, 2.24) is 20.1 Å². The van der Waals surface area contributed by atoms with Gasteiger partial charge in [-0.05, 0) is 37.1 Å². The van der Waals surface area contributed by atoms with Crippen LogP contribution in [-0.4, -0.2) is 91.3 Å². The molecule has 1 amide bonds. The molecule has 0 spiro atoms. The number of pyridine rings is 1. The van der Waals surface area contributed by atoms with Crippen LogP contribution in [-0.2, 0) is 21.4 Å². The molecule has 7 nitrogen and oxygen atoms in total. The number of anilines is 1. The Bertz CT molecular complexity index is 1180. The number of nitrogens with one attached hydrogen (secondary N) is 1. The molecule has 3 aliphatic rings. The molecule has 1 aromatic heterocycles. The van der Waals surface area contributed by atoms with E-state index >= 15 is 0 Å². The molecule has 2 saturated heterocycles. The Morgan fingerprint density at radius 2 is 2.03 bits per heavy atom. The van der Waals surface area contributed by atoms with E-state index in [1.807, 2.05) is 11.0 Å². The Hall–Kier alpha value is -2.46. The largest absolute Gasteiger partial charge is 0.379 e. The van der Waals surface area contributed by atoms with Crippen LogP contribution in [0.1, 0.15) is 44.5 Å². The summed E-state index contributed by atoms with van der Waals surface area (Å²) in [6, 6.07) is 6.48. The van der Waals surface area contributed by atoms with Crippen LogP contribution in [0, 0.1) is 11.6 Å². The van der Waals surface area contributed by atoms with Crippen molar-refractivity contribution in [3.05, 3.63) is 58.9 Å². The van der Waals surface area contributed by atoms with Gasteiger partial charge in [0.2, 0.25) is 5.91 Å². The van der Waals surface area contributed by atoms with Gasteiger partial charge in [0.15, 0.2) is 0 Å². The van der Waals surface area contributed by atoms with Crippen LogP contribution in [0.5, 0.6) is 0 Å². The summed E-state index contributed by atoms with van der Waals surface area (Å²) in [6.07, 6.45) is 2.03. The molecule has 0 aliphatic carbocycles. The normalized spacial score (nSPS) is 25.9. The number of morpholine rings is 1. The molecule has 2 aromatic rings. The minimum absolute atomic E-state index is 0.0536. The van der Waals surface area contributed by atoms with Gasteiger partial charge in [-0.25, -0.2) is 8.78 Å². The Morgan fingerprint density at radius 1 is 1.21 bits per heavy atom. The Kier molecular flexibility index (Phi) is 7.82. The minimum atomic E-state index is -0.597. The van der Waals surface area contributed by atoms with E-state index in [9.17, 15) is 13.6 Å². The Balaban J connectivity index is 1.34. The van der Waals surface area contributed by atoms with Gasteiger partial charge in [-0.3, -0.25) is 19.6 Å². The number of piperazine rings is 1. The number of fused-ring (bicyclic) bond motifs is 1. The number of carbonyl (C=O) groups is 1. The first-order valence-electron chi connectivity index (χ1n) is 13.6. The molecule has 1 N–H and O–H groups in total. The van der Waals surface area contributed by atoms with Gasteiger partial charge in [0, 0.05) is 74.9 Å². The van der Waals surface area contributed by atoms with Gasteiger partial charge in [-0.2, -0.15) is 0 Å². The van der Waals surface area contributed by atoms with Crippen molar-refractivity contribution < 1.29 is 18.3 Å². The van der Waals surface area contributed by atoms with Crippen molar-refractivity contribution >= 4 is 11.6 Å². The lowest BCUT2D eigenvalue weighted by Crippen LogP contribution is -2.62. The molecule has 0 radical (unpaired) electrons. The van der Waals surface area contributed by atoms with E-state index in [0.29, 0.717) is 30.7 Å². The van der Waals surface area contributed by atoms with Gasteiger partial charge in [0.1, 0.15) is 11.6 Å². The molecule has 1 aromatic carbocycles. The fourth-order valence-corrected chi connectivity index (χ4v) is 5.95. The van der Waals surface area contributed by atoms with E-state index in [1.54, 1.807) is 6.20 Å². The number of nitrogens with zero attached hydrogens (tertiary/aromatic N) is 4. The van der Waals surface area contributed by atoms with Crippen LogP contribution in [0.15, 0.2) is 30.5 Å². The van der Waals surface area contributed by atoms with Gasteiger partial charge in [-0.15, -0.1) is 0 Å². The molecule has 3 atom stereocenters. The van der Waals surface area contributed by atoms with Crippen molar-refractivity contribution in [3.63, 3.8) is 0 Å². The van der Waals surface area contributed by atoms with Crippen LogP contribution in [0.2, 0.25) is 0 Å². The first kappa shape index (κ1) is 27.1. The van der Waals surface area contributed by atoms with E-state index in [-0.39, 0.29) is 23.8 Å². The number of hydrogen-bond acceptors (Lipinski definition) is 6. The number of rotatable bonds is 6. The summed E-state index contributed by atoms with van der Waals surface area (Å²) in [4.78, 5) is 25.2. The highest BCUT2D eigenvalue weighted by Crippen LogP contribution is 2.40. The predicted octanol–water partition coefficient (Wildman–Crippen LogP) is 2.96.